The molecule has 3 aromatic heterocycles. The summed E-state index contributed by atoms with van der Waals surface area (Å²) in [5.74, 6) is 0.105. The first-order valence-corrected chi connectivity index (χ1v) is 10.5. The molecule has 6 nitrogen and oxygen atoms in total. The Bertz CT molecular complexity index is 1080. The largest absolute Gasteiger partial charge is 0.444 e. The zero-order chi connectivity index (χ0) is 19.7. The zero-order valence-corrected chi connectivity index (χ0v) is 18.0. The van der Waals surface area contributed by atoms with Gasteiger partial charge in [0.2, 0.25) is 0 Å². The molecule has 0 saturated carbocycles. The number of fused-ring (bicyclic) bond motifs is 1. The van der Waals surface area contributed by atoms with E-state index >= 15 is 0 Å². The smallest absolute Gasteiger partial charge is 0.295 e. The van der Waals surface area contributed by atoms with Crippen LogP contribution in [0.2, 0.25) is 0 Å². The van der Waals surface area contributed by atoms with Gasteiger partial charge in [0.05, 0.1) is 16.5 Å². The summed E-state index contributed by atoms with van der Waals surface area (Å²) < 4.78 is 9.15. The van der Waals surface area contributed by atoms with E-state index in [-0.39, 0.29) is 5.91 Å². The van der Waals surface area contributed by atoms with Crippen molar-refractivity contribution in [1.29, 1.82) is 0 Å². The molecule has 0 aliphatic carbocycles. The standard InChI is InChI=1S/C20H19BrN4O2S/c1-13-4-5-14(2)18-17(13)23-20(28-18)25(10-3-9-24-11-8-22-12-24)19(26)15-6-7-16(21)27-15/h4-8,11-12H,3,9-10H2,1-2H3. The van der Waals surface area contributed by atoms with E-state index in [1.54, 1.807) is 40.9 Å². The molecule has 4 rings (SSSR count). The molecule has 0 radical (unpaired) electrons. The number of benzene rings is 1. The van der Waals surface area contributed by atoms with Crippen LogP contribution in [0, 0.1) is 13.8 Å². The average Bonchev–Trinajstić information content (AvgIpc) is 3.42. The van der Waals surface area contributed by atoms with Crippen LogP contribution in [0.3, 0.4) is 0 Å². The van der Waals surface area contributed by atoms with Crippen LogP contribution in [0.4, 0.5) is 5.13 Å². The van der Waals surface area contributed by atoms with Gasteiger partial charge in [-0.05, 0) is 59.5 Å². The van der Waals surface area contributed by atoms with Gasteiger partial charge in [-0.2, -0.15) is 0 Å². The Hall–Kier alpha value is -2.45. The van der Waals surface area contributed by atoms with E-state index < -0.39 is 0 Å². The van der Waals surface area contributed by atoms with Gasteiger partial charge in [0.25, 0.3) is 5.91 Å². The quantitative estimate of drug-likeness (QED) is 0.398. The number of rotatable bonds is 6. The molecule has 4 aromatic rings. The molecule has 0 aliphatic heterocycles. The Morgan fingerprint density at radius 1 is 1.25 bits per heavy atom. The maximum Gasteiger partial charge on any atom is 0.295 e. The van der Waals surface area contributed by atoms with Crippen molar-refractivity contribution in [2.24, 2.45) is 0 Å². The topological polar surface area (TPSA) is 64.2 Å². The lowest BCUT2D eigenvalue weighted by Gasteiger charge is -2.18. The molecule has 0 fully saturated rings. The van der Waals surface area contributed by atoms with Crippen LogP contribution >= 0.6 is 27.3 Å². The van der Waals surface area contributed by atoms with Gasteiger partial charge in [0.1, 0.15) is 0 Å². The fourth-order valence-corrected chi connectivity index (χ4v) is 4.48. The molecule has 0 saturated heterocycles. The number of imidazole rings is 1. The molecule has 0 unspecified atom stereocenters. The number of nitrogens with zero attached hydrogens (tertiary/aromatic N) is 4. The first-order chi connectivity index (χ1) is 13.5. The lowest BCUT2D eigenvalue weighted by atomic mass is 10.1. The molecule has 1 amide bonds. The lowest BCUT2D eigenvalue weighted by Crippen LogP contribution is -2.32. The minimum absolute atomic E-state index is 0.189. The normalized spacial score (nSPS) is 11.2. The van der Waals surface area contributed by atoms with Crippen LogP contribution in [0.1, 0.15) is 28.1 Å². The van der Waals surface area contributed by atoms with Gasteiger partial charge in [-0.15, -0.1) is 0 Å². The molecular formula is C20H19BrN4O2S. The second-order valence-electron chi connectivity index (χ2n) is 6.59. The SMILES string of the molecule is Cc1ccc(C)c2sc(N(CCCn3ccnc3)C(=O)c3ccc(Br)o3)nc12. The predicted octanol–water partition coefficient (Wildman–Crippen LogP) is 5.20. The van der Waals surface area contributed by atoms with Crippen LogP contribution in [0.15, 0.2) is 52.1 Å². The fraction of sp³-hybridized carbons (Fsp3) is 0.250. The van der Waals surface area contributed by atoms with Crippen LogP contribution in [0.25, 0.3) is 10.2 Å². The van der Waals surface area contributed by atoms with E-state index in [4.69, 9.17) is 9.40 Å². The maximum atomic E-state index is 13.2. The third-order valence-electron chi connectivity index (χ3n) is 4.55. The third-order valence-corrected chi connectivity index (χ3v) is 6.19. The molecule has 0 bridgehead atoms. The second kappa shape index (κ2) is 7.89. The fourth-order valence-electron chi connectivity index (χ4n) is 3.04. The highest BCUT2D eigenvalue weighted by atomic mass is 79.9. The Kier molecular flexibility index (Phi) is 5.32. The number of anilines is 1. The highest BCUT2D eigenvalue weighted by molar-refractivity contribution is 9.10. The molecular weight excluding hydrogens is 440 g/mol. The van der Waals surface area contributed by atoms with Crippen molar-refractivity contribution in [1.82, 2.24) is 14.5 Å². The summed E-state index contributed by atoms with van der Waals surface area (Å²) in [6.45, 7) is 5.42. The Labute approximate surface area is 174 Å². The van der Waals surface area contributed by atoms with Crippen molar-refractivity contribution in [3.8, 4) is 0 Å². The lowest BCUT2D eigenvalue weighted by molar-refractivity contribution is 0.0958. The van der Waals surface area contributed by atoms with Crippen LogP contribution < -0.4 is 4.90 Å². The molecule has 28 heavy (non-hydrogen) atoms. The van der Waals surface area contributed by atoms with Crippen molar-refractivity contribution in [3.05, 3.63) is 64.5 Å². The van der Waals surface area contributed by atoms with Crippen molar-refractivity contribution in [2.75, 3.05) is 11.4 Å². The van der Waals surface area contributed by atoms with Crippen molar-refractivity contribution >= 4 is 48.5 Å². The van der Waals surface area contributed by atoms with Crippen LogP contribution in [-0.2, 0) is 6.54 Å². The molecule has 144 valence electrons. The number of hydrogen-bond acceptors (Lipinski definition) is 5. The number of carbonyl (C=O) groups excluding carboxylic acids is 1. The summed E-state index contributed by atoms with van der Waals surface area (Å²) in [7, 11) is 0. The van der Waals surface area contributed by atoms with Gasteiger partial charge in [0, 0.05) is 25.5 Å². The van der Waals surface area contributed by atoms with E-state index in [0.717, 1.165) is 34.3 Å². The number of aromatic nitrogens is 3. The molecule has 1 aromatic carbocycles. The maximum absolute atomic E-state index is 13.2. The van der Waals surface area contributed by atoms with Gasteiger partial charge in [-0.3, -0.25) is 9.69 Å². The summed E-state index contributed by atoms with van der Waals surface area (Å²) in [5.41, 5.74) is 3.22. The molecule has 0 atom stereocenters. The van der Waals surface area contributed by atoms with E-state index in [1.807, 2.05) is 17.7 Å². The Balaban J connectivity index is 1.66. The monoisotopic (exact) mass is 458 g/mol. The van der Waals surface area contributed by atoms with Crippen LogP contribution in [0.5, 0.6) is 0 Å². The number of carbonyl (C=O) groups is 1. The van der Waals surface area contributed by atoms with E-state index in [2.05, 4.69) is 40.0 Å². The molecule has 0 N–H and O–H groups in total. The first-order valence-electron chi connectivity index (χ1n) is 8.92. The highest BCUT2D eigenvalue weighted by Gasteiger charge is 2.24. The van der Waals surface area contributed by atoms with E-state index in [1.165, 1.54) is 0 Å². The Morgan fingerprint density at radius 2 is 2.07 bits per heavy atom. The number of hydrogen-bond donors (Lipinski definition) is 0. The highest BCUT2D eigenvalue weighted by Crippen LogP contribution is 2.34. The predicted molar refractivity (Wildman–Crippen MR) is 114 cm³/mol. The summed E-state index contributed by atoms with van der Waals surface area (Å²) in [6, 6.07) is 7.56. The third kappa shape index (κ3) is 3.74. The second-order valence-corrected chi connectivity index (χ2v) is 8.35. The minimum atomic E-state index is -0.189. The van der Waals surface area contributed by atoms with Crippen molar-refractivity contribution in [2.45, 2.75) is 26.8 Å². The molecule has 8 heteroatoms. The van der Waals surface area contributed by atoms with Gasteiger partial charge >= 0.3 is 0 Å². The first kappa shape index (κ1) is 18.9. The van der Waals surface area contributed by atoms with Gasteiger partial charge in [0.15, 0.2) is 15.6 Å². The van der Waals surface area contributed by atoms with Gasteiger partial charge < -0.3 is 8.98 Å². The van der Waals surface area contributed by atoms with Crippen LogP contribution in [-0.4, -0.2) is 27.0 Å². The number of amides is 1. The number of aryl methyl sites for hydroxylation is 3. The summed E-state index contributed by atoms with van der Waals surface area (Å²) in [5, 5.41) is 0.690. The van der Waals surface area contributed by atoms with Crippen molar-refractivity contribution in [3.63, 3.8) is 0 Å². The number of thiazole rings is 1. The van der Waals surface area contributed by atoms with E-state index in [0.29, 0.717) is 22.1 Å². The average molecular weight is 459 g/mol. The summed E-state index contributed by atoms with van der Waals surface area (Å²) >= 11 is 4.82. The van der Waals surface area contributed by atoms with Crippen molar-refractivity contribution < 1.29 is 9.21 Å². The Morgan fingerprint density at radius 3 is 2.75 bits per heavy atom. The summed E-state index contributed by atoms with van der Waals surface area (Å²) in [6.07, 6.45) is 6.22. The molecule has 0 spiro atoms. The van der Waals surface area contributed by atoms with Gasteiger partial charge in [-0.25, -0.2) is 9.97 Å². The molecule has 3 heterocycles. The summed E-state index contributed by atoms with van der Waals surface area (Å²) in [4.78, 5) is 23.7. The molecule has 0 aliphatic rings. The van der Waals surface area contributed by atoms with Gasteiger partial charge in [-0.1, -0.05) is 23.5 Å². The zero-order valence-electron chi connectivity index (χ0n) is 15.6. The van der Waals surface area contributed by atoms with E-state index in [9.17, 15) is 4.79 Å². The number of halogens is 1. The number of furan rings is 1. The minimum Gasteiger partial charge on any atom is -0.444 e.